The third-order valence-electron chi connectivity index (χ3n) is 1.91. The van der Waals surface area contributed by atoms with Gasteiger partial charge in [-0.2, -0.15) is 11.8 Å². The Morgan fingerprint density at radius 2 is 2.23 bits per heavy atom. The van der Waals surface area contributed by atoms with E-state index in [4.69, 9.17) is 12.2 Å². The van der Waals surface area contributed by atoms with Crippen molar-refractivity contribution in [2.75, 3.05) is 6.26 Å². The average Bonchev–Trinajstić information content (AvgIpc) is 2.04. The molecule has 0 atom stereocenters. The highest BCUT2D eigenvalue weighted by Crippen LogP contribution is 2.10. The van der Waals surface area contributed by atoms with Crippen molar-refractivity contribution in [2.24, 2.45) is 0 Å². The summed E-state index contributed by atoms with van der Waals surface area (Å²) >= 11 is 6.95. The molecule has 0 saturated carbocycles. The molecule has 0 fully saturated rings. The molecule has 0 unspecified atom stereocenters. The molecule has 0 aliphatic heterocycles. The highest BCUT2D eigenvalue weighted by atomic mass is 32.2. The van der Waals surface area contributed by atoms with E-state index >= 15 is 0 Å². The van der Waals surface area contributed by atoms with Crippen LogP contribution in [0.25, 0.3) is 0 Å². The van der Waals surface area contributed by atoms with Gasteiger partial charge in [-0.1, -0.05) is 19.1 Å². The number of aromatic amines is 1. The van der Waals surface area contributed by atoms with Crippen molar-refractivity contribution in [2.45, 2.75) is 26.0 Å². The van der Waals surface area contributed by atoms with Crippen LogP contribution in [-0.4, -0.2) is 16.2 Å². The summed E-state index contributed by atoms with van der Waals surface area (Å²) in [5, 5.41) is 0. The Bertz CT molecular complexity index is 344. The van der Waals surface area contributed by atoms with Gasteiger partial charge >= 0.3 is 0 Å². The lowest BCUT2D eigenvalue weighted by molar-refractivity contribution is 0.928. The molecule has 0 aliphatic rings. The maximum absolute atomic E-state index is 5.20. The van der Waals surface area contributed by atoms with Gasteiger partial charge in [-0.3, -0.25) is 0 Å². The highest BCUT2D eigenvalue weighted by molar-refractivity contribution is 7.97. The topological polar surface area (TPSA) is 28.7 Å². The van der Waals surface area contributed by atoms with Gasteiger partial charge in [-0.15, -0.1) is 0 Å². The summed E-state index contributed by atoms with van der Waals surface area (Å²) in [6.07, 6.45) is 3.01. The molecule has 1 heterocycles. The summed E-state index contributed by atoms with van der Waals surface area (Å²) in [7, 11) is 0. The van der Waals surface area contributed by atoms with E-state index in [9.17, 15) is 0 Å². The minimum atomic E-state index is 0.753. The fourth-order valence-corrected chi connectivity index (χ4v) is 2.11. The molecule has 1 N–H and O–H groups in total. The van der Waals surface area contributed by atoms with Crippen molar-refractivity contribution in [3.05, 3.63) is 21.7 Å². The van der Waals surface area contributed by atoms with E-state index in [0.717, 1.165) is 28.3 Å². The highest BCUT2D eigenvalue weighted by Gasteiger charge is 2.02. The second kappa shape index (κ2) is 4.77. The Balaban J connectivity index is 3.13. The lowest BCUT2D eigenvalue weighted by atomic mass is 10.2. The number of aryl methyl sites for hydroxylation is 1. The molecule has 0 spiro atoms. The Kier molecular flexibility index (Phi) is 3.93. The van der Waals surface area contributed by atoms with Gasteiger partial charge in [0.1, 0.15) is 10.5 Å². The van der Waals surface area contributed by atoms with Gasteiger partial charge in [0.25, 0.3) is 0 Å². The molecule has 1 rings (SSSR count). The molecule has 4 heteroatoms. The summed E-state index contributed by atoms with van der Waals surface area (Å²) < 4.78 is 0.753. The second-order valence-corrected chi connectivity index (χ2v) is 4.13. The number of hydrogen-bond acceptors (Lipinski definition) is 3. The predicted molar refractivity (Wildman–Crippen MR) is 60.8 cm³/mol. The van der Waals surface area contributed by atoms with Crippen molar-refractivity contribution >= 4 is 24.0 Å². The van der Waals surface area contributed by atoms with Crippen LogP contribution in [0.4, 0.5) is 0 Å². The number of aromatic nitrogens is 2. The summed E-state index contributed by atoms with van der Waals surface area (Å²) in [6, 6.07) is 0. The lowest BCUT2D eigenvalue weighted by Crippen LogP contribution is -2.00. The molecule has 0 bridgehead atoms. The van der Waals surface area contributed by atoms with E-state index in [0.29, 0.717) is 0 Å². The van der Waals surface area contributed by atoms with Crippen LogP contribution in [-0.2, 0) is 12.2 Å². The zero-order valence-electron chi connectivity index (χ0n) is 8.18. The smallest absolute Gasteiger partial charge is 0.133 e. The van der Waals surface area contributed by atoms with Gasteiger partial charge < -0.3 is 4.98 Å². The fourth-order valence-electron chi connectivity index (χ4n) is 1.29. The Labute approximate surface area is 88.2 Å². The summed E-state index contributed by atoms with van der Waals surface area (Å²) in [6.45, 7) is 4.15. The minimum absolute atomic E-state index is 0.753. The molecule has 1 aromatic heterocycles. The van der Waals surface area contributed by atoms with Gasteiger partial charge in [0.15, 0.2) is 0 Å². The minimum Gasteiger partial charge on any atom is -0.346 e. The van der Waals surface area contributed by atoms with Crippen molar-refractivity contribution in [3.8, 4) is 0 Å². The van der Waals surface area contributed by atoms with E-state index in [1.165, 1.54) is 5.56 Å². The van der Waals surface area contributed by atoms with E-state index in [1.807, 2.05) is 0 Å². The first-order valence-corrected chi connectivity index (χ1v) is 6.06. The number of hydrogen-bond donors (Lipinski definition) is 1. The molecular formula is C9H14N2S2. The van der Waals surface area contributed by atoms with Crippen LogP contribution < -0.4 is 0 Å². The van der Waals surface area contributed by atoms with Crippen molar-refractivity contribution in [1.82, 2.24) is 9.97 Å². The molecular weight excluding hydrogens is 200 g/mol. The van der Waals surface area contributed by atoms with E-state index in [-0.39, 0.29) is 0 Å². The zero-order valence-corrected chi connectivity index (χ0v) is 9.81. The first-order chi connectivity index (χ1) is 6.19. The molecule has 0 radical (unpaired) electrons. The standard InChI is InChI=1S/C9H14N2S2/c1-4-7-6(2)10-8(5-13-3)11-9(7)12/h4-5H2,1-3H3,(H,10,11,12). The first kappa shape index (κ1) is 10.7. The van der Waals surface area contributed by atoms with E-state index in [2.05, 4.69) is 30.1 Å². The molecule has 72 valence electrons. The van der Waals surface area contributed by atoms with Crippen LogP contribution in [0.1, 0.15) is 24.0 Å². The van der Waals surface area contributed by atoms with Gasteiger partial charge in [-0.05, 0) is 19.6 Å². The van der Waals surface area contributed by atoms with Crippen LogP contribution in [0.2, 0.25) is 0 Å². The number of thioether (sulfide) groups is 1. The average molecular weight is 214 g/mol. The van der Waals surface area contributed by atoms with Gasteiger partial charge in [0, 0.05) is 11.3 Å². The summed E-state index contributed by atoms with van der Waals surface area (Å²) in [4.78, 5) is 7.60. The molecule has 0 amide bonds. The maximum atomic E-state index is 5.20. The number of nitrogens with zero attached hydrogens (tertiary/aromatic N) is 1. The first-order valence-electron chi connectivity index (χ1n) is 4.26. The summed E-state index contributed by atoms with van der Waals surface area (Å²) in [5.41, 5.74) is 2.33. The largest absolute Gasteiger partial charge is 0.346 e. The maximum Gasteiger partial charge on any atom is 0.133 e. The van der Waals surface area contributed by atoms with Gasteiger partial charge in [0.2, 0.25) is 0 Å². The SMILES string of the molecule is CCc1c(C)[nH]c(CSC)nc1=S. The van der Waals surface area contributed by atoms with Crippen LogP contribution in [0.15, 0.2) is 0 Å². The van der Waals surface area contributed by atoms with Crippen molar-refractivity contribution in [3.63, 3.8) is 0 Å². The lowest BCUT2D eigenvalue weighted by Gasteiger charge is -2.05. The summed E-state index contributed by atoms with van der Waals surface area (Å²) in [5.74, 6) is 1.88. The van der Waals surface area contributed by atoms with Crippen LogP contribution in [0.5, 0.6) is 0 Å². The van der Waals surface area contributed by atoms with E-state index < -0.39 is 0 Å². The second-order valence-electron chi connectivity index (χ2n) is 2.88. The third-order valence-corrected chi connectivity index (χ3v) is 2.81. The quantitative estimate of drug-likeness (QED) is 0.784. The molecule has 2 nitrogen and oxygen atoms in total. The van der Waals surface area contributed by atoms with Crippen LogP contribution in [0, 0.1) is 11.6 Å². The normalized spacial score (nSPS) is 10.4. The number of rotatable bonds is 3. The Hall–Kier alpha value is -0.350. The number of nitrogens with one attached hydrogen (secondary N) is 1. The third kappa shape index (κ3) is 2.54. The van der Waals surface area contributed by atoms with Gasteiger partial charge in [-0.25, -0.2) is 4.98 Å². The molecule has 0 saturated heterocycles. The molecule has 13 heavy (non-hydrogen) atoms. The molecule has 0 aromatic carbocycles. The van der Waals surface area contributed by atoms with Crippen molar-refractivity contribution < 1.29 is 0 Å². The molecule has 1 aromatic rings. The van der Waals surface area contributed by atoms with E-state index in [1.54, 1.807) is 11.8 Å². The zero-order chi connectivity index (χ0) is 9.84. The monoisotopic (exact) mass is 214 g/mol. The van der Waals surface area contributed by atoms with Crippen molar-refractivity contribution in [1.29, 1.82) is 0 Å². The number of H-pyrrole nitrogens is 1. The fraction of sp³-hybridized carbons (Fsp3) is 0.556. The van der Waals surface area contributed by atoms with Crippen LogP contribution in [0.3, 0.4) is 0 Å². The molecule has 0 aliphatic carbocycles. The Morgan fingerprint density at radius 1 is 1.54 bits per heavy atom. The predicted octanol–water partition coefficient (Wildman–Crippen LogP) is 2.87. The van der Waals surface area contributed by atoms with Gasteiger partial charge in [0.05, 0.1) is 5.75 Å². The Morgan fingerprint density at radius 3 is 2.69 bits per heavy atom. The van der Waals surface area contributed by atoms with Crippen LogP contribution >= 0.6 is 24.0 Å².